The molecule has 2 aliphatic heterocycles. The molecule has 0 aromatic heterocycles. The van der Waals surface area contributed by atoms with Crippen LogP contribution in [0, 0.1) is 5.92 Å². The van der Waals surface area contributed by atoms with Gasteiger partial charge in [-0.3, -0.25) is 10.2 Å². The van der Waals surface area contributed by atoms with Crippen molar-refractivity contribution in [2.75, 3.05) is 44.7 Å². The first-order valence-corrected chi connectivity index (χ1v) is 10.4. The number of halogens is 1. The van der Waals surface area contributed by atoms with E-state index in [-0.39, 0.29) is 17.9 Å². The molecule has 2 atom stereocenters. The average Bonchev–Trinajstić information content (AvgIpc) is 3.23. The van der Waals surface area contributed by atoms with Crippen LogP contribution in [0.5, 0.6) is 5.75 Å². The standard InChI is InChI=1S/C21H25BrN4O2/c1-28-18-7-3-6-17(13-18)25-8-10-26(11-9-25)21(27)19-14-23-24-20(19)15-4-2-5-16(22)12-15/h2-7,12-13,19-20,23-24H,8-11,14H2,1H3. The van der Waals surface area contributed by atoms with Crippen LogP contribution in [0.1, 0.15) is 11.6 Å². The van der Waals surface area contributed by atoms with Gasteiger partial charge in [0.05, 0.1) is 19.1 Å². The zero-order valence-corrected chi connectivity index (χ0v) is 17.5. The summed E-state index contributed by atoms with van der Waals surface area (Å²) in [5.74, 6) is 0.974. The highest BCUT2D eigenvalue weighted by Gasteiger charge is 2.37. The number of carbonyl (C=O) groups is 1. The third-order valence-corrected chi connectivity index (χ3v) is 6.01. The molecule has 2 unspecified atom stereocenters. The summed E-state index contributed by atoms with van der Waals surface area (Å²) in [5.41, 5.74) is 8.71. The first-order valence-electron chi connectivity index (χ1n) is 9.57. The van der Waals surface area contributed by atoms with Gasteiger partial charge in [0.1, 0.15) is 5.75 Å². The van der Waals surface area contributed by atoms with Gasteiger partial charge in [-0.15, -0.1) is 0 Å². The molecule has 2 aromatic carbocycles. The number of hydrogen-bond acceptors (Lipinski definition) is 5. The van der Waals surface area contributed by atoms with Crippen molar-refractivity contribution in [2.24, 2.45) is 5.92 Å². The van der Waals surface area contributed by atoms with E-state index in [1.165, 1.54) is 0 Å². The van der Waals surface area contributed by atoms with E-state index in [1.807, 2.05) is 35.2 Å². The molecule has 1 amide bonds. The highest BCUT2D eigenvalue weighted by atomic mass is 79.9. The number of hydrogen-bond donors (Lipinski definition) is 2. The van der Waals surface area contributed by atoms with Crippen molar-refractivity contribution in [3.8, 4) is 5.75 Å². The Bertz CT molecular complexity index is 839. The highest BCUT2D eigenvalue weighted by molar-refractivity contribution is 9.10. The molecule has 28 heavy (non-hydrogen) atoms. The third kappa shape index (κ3) is 4.01. The van der Waals surface area contributed by atoms with Gasteiger partial charge >= 0.3 is 0 Å². The molecule has 0 aliphatic carbocycles. The van der Waals surface area contributed by atoms with Gasteiger partial charge < -0.3 is 14.5 Å². The summed E-state index contributed by atoms with van der Waals surface area (Å²) in [6, 6.07) is 16.2. The van der Waals surface area contributed by atoms with E-state index in [4.69, 9.17) is 4.74 Å². The Kier molecular flexibility index (Phi) is 5.85. The zero-order chi connectivity index (χ0) is 19.5. The number of nitrogens with zero attached hydrogens (tertiary/aromatic N) is 2. The smallest absolute Gasteiger partial charge is 0.229 e. The normalized spacial score (nSPS) is 22.4. The number of amides is 1. The van der Waals surface area contributed by atoms with Gasteiger partial charge in [-0.1, -0.05) is 34.1 Å². The van der Waals surface area contributed by atoms with Crippen molar-refractivity contribution in [3.63, 3.8) is 0 Å². The van der Waals surface area contributed by atoms with E-state index in [1.54, 1.807) is 7.11 Å². The summed E-state index contributed by atoms with van der Waals surface area (Å²) >= 11 is 3.52. The summed E-state index contributed by atoms with van der Waals surface area (Å²) in [4.78, 5) is 17.5. The van der Waals surface area contributed by atoms with E-state index in [9.17, 15) is 4.79 Å². The van der Waals surface area contributed by atoms with Gasteiger partial charge in [0.25, 0.3) is 0 Å². The number of methoxy groups -OCH3 is 1. The van der Waals surface area contributed by atoms with Crippen LogP contribution in [0.25, 0.3) is 0 Å². The predicted molar refractivity (Wildman–Crippen MR) is 113 cm³/mol. The number of ether oxygens (including phenoxy) is 1. The van der Waals surface area contributed by atoms with E-state index in [0.717, 1.165) is 47.7 Å². The van der Waals surface area contributed by atoms with Crippen LogP contribution in [0.15, 0.2) is 53.0 Å². The number of nitrogens with one attached hydrogen (secondary N) is 2. The maximum absolute atomic E-state index is 13.2. The second kappa shape index (κ2) is 8.51. The lowest BCUT2D eigenvalue weighted by atomic mass is 9.93. The van der Waals surface area contributed by atoms with Crippen LogP contribution >= 0.6 is 15.9 Å². The van der Waals surface area contributed by atoms with Gasteiger partial charge in [-0.25, -0.2) is 5.43 Å². The molecular weight excluding hydrogens is 420 g/mol. The largest absolute Gasteiger partial charge is 0.497 e. The van der Waals surface area contributed by atoms with E-state index < -0.39 is 0 Å². The quantitative estimate of drug-likeness (QED) is 0.758. The van der Waals surface area contributed by atoms with Crippen LogP contribution in [-0.2, 0) is 4.79 Å². The lowest BCUT2D eigenvalue weighted by Gasteiger charge is -2.37. The molecule has 148 valence electrons. The number of rotatable bonds is 4. The second-order valence-corrected chi connectivity index (χ2v) is 8.09. The topological polar surface area (TPSA) is 56.8 Å². The summed E-state index contributed by atoms with van der Waals surface area (Å²) in [6.07, 6.45) is 0. The number of anilines is 1. The molecule has 0 saturated carbocycles. The molecule has 2 aliphatic rings. The van der Waals surface area contributed by atoms with Gasteiger partial charge in [0, 0.05) is 49.0 Å². The van der Waals surface area contributed by atoms with E-state index >= 15 is 0 Å². The fraction of sp³-hybridized carbons (Fsp3) is 0.381. The second-order valence-electron chi connectivity index (χ2n) is 7.18. The summed E-state index contributed by atoms with van der Waals surface area (Å²) in [7, 11) is 1.68. The van der Waals surface area contributed by atoms with Gasteiger partial charge in [0.2, 0.25) is 5.91 Å². The molecule has 2 aromatic rings. The third-order valence-electron chi connectivity index (χ3n) is 5.52. The average molecular weight is 445 g/mol. The Labute approximate surface area is 173 Å². The fourth-order valence-electron chi connectivity index (χ4n) is 3.97. The number of piperazine rings is 1. The number of benzene rings is 2. The number of hydrazine groups is 1. The van der Waals surface area contributed by atoms with Gasteiger partial charge in [-0.2, -0.15) is 0 Å². The van der Waals surface area contributed by atoms with Crippen molar-refractivity contribution in [3.05, 3.63) is 58.6 Å². The Morgan fingerprint density at radius 3 is 2.64 bits per heavy atom. The maximum Gasteiger partial charge on any atom is 0.229 e. The molecule has 2 saturated heterocycles. The Morgan fingerprint density at radius 1 is 1.11 bits per heavy atom. The summed E-state index contributed by atoms with van der Waals surface area (Å²) < 4.78 is 6.35. The zero-order valence-electron chi connectivity index (χ0n) is 15.9. The van der Waals surface area contributed by atoms with E-state index in [0.29, 0.717) is 6.54 Å². The van der Waals surface area contributed by atoms with Gasteiger partial charge in [-0.05, 0) is 29.8 Å². The number of carbonyl (C=O) groups excluding carboxylic acids is 1. The van der Waals surface area contributed by atoms with Gasteiger partial charge in [0.15, 0.2) is 0 Å². The van der Waals surface area contributed by atoms with Crippen molar-refractivity contribution in [1.29, 1.82) is 0 Å². The van der Waals surface area contributed by atoms with Crippen molar-refractivity contribution in [2.45, 2.75) is 6.04 Å². The minimum Gasteiger partial charge on any atom is -0.497 e. The van der Waals surface area contributed by atoms with Crippen LogP contribution < -0.4 is 20.5 Å². The molecule has 0 bridgehead atoms. The lowest BCUT2D eigenvalue weighted by Crippen LogP contribution is -2.51. The first kappa shape index (κ1) is 19.2. The molecule has 0 spiro atoms. The van der Waals surface area contributed by atoms with Crippen LogP contribution in [0.4, 0.5) is 5.69 Å². The predicted octanol–water partition coefficient (Wildman–Crippen LogP) is 2.57. The minimum atomic E-state index is -0.0994. The summed E-state index contributed by atoms with van der Waals surface area (Å²) in [6.45, 7) is 3.77. The molecule has 7 heteroatoms. The Morgan fingerprint density at radius 2 is 1.89 bits per heavy atom. The molecule has 0 radical (unpaired) electrons. The maximum atomic E-state index is 13.2. The fourth-order valence-corrected chi connectivity index (χ4v) is 4.39. The van der Waals surface area contributed by atoms with Crippen molar-refractivity contribution in [1.82, 2.24) is 15.8 Å². The Hall–Kier alpha value is -2.09. The molecule has 4 rings (SSSR count). The molecule has 6 nitrogen and oxygen atoms in total. The van der Waals surface area contributed by atoms with Crippen molar-refractivity contribution >= 4 is 27.5 Å². The summed E-state index contributed by atoms with van der Waals surface area (Å²) in [5, 5.41) is 0. The van der Waals surface area contributed by atoms with E-state index in [2.05, 4.69) is 49.9 Å². The van der Waals surface area contributed by atoms with Crippen LogP contribution in [0.3, 0.4) is 0 Å². The monoisotopic (exact) mass is 444 g/mol. The van der Waals surface area contributed by atoms with Crippen molar-refractivity contribution < 1.29 is 9.53 Å². The Balaban J connectivity index is 1.40. The highest BCUT2D eigenvalue weighted by Crippen LogP contribution is 2.29. The molecule has 2 fully saturated rings. The van der Waals surface area contributed by atoms with Crippen LogP contribution in [-0.4, -0.2) is 50.6 Å². The molecule has 2 heterocycles. The lowest BCUT2D eigenvalue weighted by molar-refractivity contribution is -0.135. The molecular formula is C21H25BrN4O2. The minimum absolute atomic E-state index is 0.0126. The molecule has 2 N–H and O–H groups in total. The SMILES string of the molecule is COc1cccc(N2CCN(C(=O)C3CNNC3c3cccc(Br)c3)CC2)c1. The van der Waals surface area contributed by atoms with Crippen LogP contribution in [0.2, 0.25) is 0 Å². The first-order chi connectivity index (χ1) is 13.7.